The van der Waals surface area contributed by atoms with E-state index in [2.05, 4.69) is 5.32 Å². The lowest BCUT2D eigenvalue weighted by molar-refractivity contribution is 0.991. The van der Waals surface area contributed by atoms with Crippen LogP contribution >= 0.6 is 35.4 Å². The summed E-state index contributed by atoms with van der Waals surface area (Å²) in [5, 5.41) is 4.54. The van der Waals surface area contributed by atoms with Crippen LogP contribution in [0.25, 0.3) is 0 Å². The van der Waals surface area contributed by atoms with Crippen LogP contribution in [0.4, 0.5) is 5.69 Å². The summed E-state index contributed by atoms with van der Waals surface area (Å²) in [4.78, 5) is 5.42. The van der Waals surface area contributed by atoms with Gasteiger partial charge in [0.05, 0.1) is 11.8 Å². The predicted molar refractivity (Wildman–Crippen MR) is 94.2 cm³/mol. The summed E-state index contributed by atoms with van der Waals surface area (Å²) in [7, 11) is 0. The number of benzodiazepines with no additional fused rings is 1. The van der Waals surface area contributed by atoms with E-state index in [0.29, 0.717) is 15.0 Å². The Morgan fingerprint density at radius 3 is 2.62 bits per heavy atom. The zero-order valence-corrected chi connectivity index (χ0v) is 13.6. The van der Waals surface area contributed by atoms with Crippen LogP contribution < -0.4 is 5.32 Å². The van der Waals surface area contributed by atoms with Gasteiger partial charge in [-0.15, -0.1) is 0 Å². The van der Waals surface area contributed by atoms with Gasteiger partial charge in [0.1, 0.15) is 4.99 Å². The van der Waals surface area contributed by atoms with Crippen molar-refractivity contribution in [2.45, 2.75) is 13.0 Å². The quantitative estimate of drug-likeness (QED) is 0.744. The third kappa shape index (κ3) is 2.82. The van der Waals surface area contributed by atoms with E-state index in [1.807, 2.05) is 49.4 Å². The van der Waals surface area contributed by atoms with Gasteiger partial charge in [-0.25, -0.2) is 0 Å². The van der Waals surface area contributed by atoms with Crippen molar-refractivity contribution in [3.05, 3.63) is 63.6 Å². The molecule has 0 radical (unpaired) electrons. The van der Waals surface area contributed by atoms with Gasteiger partial charge in [0.2, 0.25) is 0 Å². The fraction of sp³-hybridized carbons (Fsp3) is 0.125. The van der Waals surface area contributed by atoms with Crippen molar-refractivity contribution in [3.63, 3.8) is 0 Å². The van der Waals surface area contributed by atoms with E-state index >= 15 is 0 Å². The fourth-order valence-corrected chi connectivity index (χ4v) is 2.81. The Hall–Kier alpha value is -1.42. The second-order valence-electron chi connectivity index (χ2n) is 4.81. The summed E-state index contributed by atoms with van der Waals surface area (Å²) in [6.07, 6.45) is 0. The number of hydrogen-bond donors (Lipinski definition) is 1. The van der Waals surface area contributed by atoms with Gasteiger partial charge in [-0.1, -0.05) is 53.6 Å². The van der Waals surface area contributed by atoms with Gasteiger partial charge in [-0.2, -0.15) is 0 Å². The first-order valence-electron chi connectivity index (χ1n) is 6.50. The zero-order chi connectivity index (χ0) is 15.0. The molecule has 0 spiro atoms. The maximum Gasteiger partial charge on any atom is 0.104 e. The SMILES string of the molecule is CC1N=C(c2ccccc2Cl)c2cc(Cl)ccc2NC1=S. The van der Waals surface area contributed by atoms with Crippen molar-refractivity contribution in [1.82, 2.24) is 0 Å². The van der Waals surface area contributed by atoms with Gasteiger partial charge in [0, 0.05) is 26.9 Å². The van der Waals surface area contributed by atoms with Crippen LogP contribution in [-0.2, 0) is 0 Å². The lowest BCUT2D eigenvalue weighted by atomic mass is 10.0. The van der Waals surface area contributed by atoms with Crippen molar-refractivity contribution in [3.8, 4) is 0 Å². The van der Waals surface area contributed by atoms with Gasteiger partial charge >= 0.3 is 0 Å². The molecule has 0 bridgehead atoms. The lowest BCUT2D eigenvalue weighted by Crippen LogP contribution is -2.20. The monoisotopic (exact) mass is 334 g/mol. The van der Waals surface area contributed by atoms with Crippen LogP contribution in [0.1, 0.15) is 18.1 Å². The first kappa shape index (κ1) is 14.5. The normalized spacial score (nSPS) is 17.6. The highest BCUT2D eigenvalue weighted by Gasteiger charge is 2.22. The van der Waals surface area contributed by atoms with Crippen molar-refractivity contribution in [2.24, 2.45) is 4.99 Å². The molecule has 3 rings (SSSR count). The molecule has 0 amide bonds. The number of aliphatic imine (C=N–C) groups is 1. The number of benzene rings is 2. The highest BCUT2D eigenvalue weighted by Crippen LogP contribution is 2.29. The summed E-state index contributed by atoms with van der Waals surface area (Å²) in [6.45, 7) is 1.96. The molecule has 0 saturated heterocycles. The molecule has 2 nitrogen and oxygen atoms in total. The molecule has 0 saturated carbocycles. The van der Waals surface area contributed by atoms with E-state index in [9.17, 15) is 0 Å². The number of thiocarbonyl (C=S) groups is 1. The molecule has 106 valence electrons. The van der Waals surface area contributed by atoms with E-state index < -0.39 is 0 Å². The maximum atomic E-state index is 6.33. The summed E-state index contributed by atoms with van der Waals surface area (Å²) in [5.41, 5.74) is 3.48. The Morgan fingerprint density at radius 2 is 1.86 bits per heavy atom. The summed E-state index contributed by atoms with van der Waals surface area (Å²) < 4.78 is 0. The lowest BCUT2D eigenvalue weighted by Gasteiger charge is -2.11. The number of anilines is 1. The summed E-state index contributed by atoms with van der Waals surface area (Å²) in [6, 6.07) is 13.1. The molecule has 1 N–H and O–H groups in total. The average Bonchev–Trinajstić information content (AvgIpc) is 2.58. The molecule has 1 atom stereocenters. The van der Waals surface area contributed by atoms with E-state index in [-0.39, 0.29) is 6.04 Å². The first-order chi connectivity index (χ1) is 10.1. The van der Waals surface area contributed by atoms with Gasteiger partial charge in [-0.05, 0) is 31.2 Å². The molecule has 1 heterocycles. The molecule has 0 aromatic heterocycles. The highest BCUT2D eigenvalue weighted by molar-refractivity contribution is 7.80. The Labute approximate surface area is 138 Å². The third-order valence-electron chi connectivity index (χ3n) is 3.33. The molecular formula is C16H12Cl2N2S. The molecule has 2 aromatic carbocycles. The maximum absolute atomic E-state index is 6.33. The van der Waals surface area contributed by atoms with Crippen LogP contribution in [0.5, 0.6) is 0 Å². The Balaban J connectivity index is 2.27. The minimum absolute atomic E-state index is 0.127. The fourth-order valence-electron chi connectivity index (χ4n) is 2.25. The number of halogens is 2. The number of fused-ring (bicyclic) bond motifs is 1. The molecule has 21 heavy (non-hydrogen) atoms. The summed E-state index contributed by atoms with van der Waals surface area (Å²) >= 11 is 17.9. The minimum Gasteiger partial charge on any atom is -0.348 e. The second-order valence-corrected chi connectivity index (χ2v) is 6.10. The zero-order valence-electron chi connectivity index (χ0n) is 11.2. The number of hydrogen-bond acceptors (Lipinski definition) is 2. The largest absolute Gasteiger partial charge is 0.348 e. The Bertz CT molecular complexity index is 756. The van der Waals surface area contributed by atoms with Crippen molar-refractivity contribution in [1.29, 1.82) is 0 Å². The van der Waals surface area contributed by atoms with Gasteiger partial charge < -0.3 is 5.32 Å². The molecule has 1 aliphatic heterocycles. The molecule has 5 heteroatoms. The van der Waals surface area contributed by atoms with Gasteiger partial charge in [0.25, 0.3) is 0 Å². The number of nitrogens with zero attached hydrogens (tertiary/aromatic N) is 1. The van der Waals surface area contributed by atoms with Crippen LogP contribution in [0.15, 0.2) is 47.5 Å². The molecule has 1 aliphatic rings. The highest BCUT2D eigenvalue weighted by atomic mass is 35.5. The van der Waals surface area contributed by atoms with Gasteiger partial charge in [0.15, 0.2) is 0 Å². The Kier molecular flexibility index (Phi) is 3.98. The number of nitrogens with one attached hydrogen (secondary N) is 1. The first-order valence-corrected chi connectivity index (χ1v) is 7.66. The topological polar surface area (TPSA) is 24.4 Å². The summed E-state index contributed by atoms with van der Waals surface area (Å²) in [5.74, 6) is 0. The van der Waals surface area contributed by atoms with E-state index in [0.717, 1.165) is 22.5 Å². The second kappa shape index (κ2) is 5.76. The standard InChI is InChI=1S/C16H12Cl2N2S/c1-9-16(21)20-14-7-6-10(17)8-12(14)15(19-9)11-4-2-3-5-13(11)18/h2-9H,1H3,(H,20,21). The van der Waals surface area contributed by atoms with Crippen LogP contribution in [0.2, 0.25) is 10.0 Å². The van der Waals surface area contributed by atoms with Crippen molar-refractivity contribution < 1.29 is 0 Å². The Morgan fingerprint density at radius 1 is 1.10 bits per heavy atom. The van der Waals surface area contributed by atoms with Crippen LogP contribution in [0, 0.1) is 0 Å². The van der Waals surface area contributed by atoms with E-state index in [4.69, 9.17) is 40.4 Å². The van der Waals surface area contributed by atoms with Crippen LogP contribution in [0.3, 0.4) is 0 Å². The third-order valence-corrected chi connectivity index (χ3v) is 4.33. The van der Waals surface area contributed by atoms with Crippen molar-refractivity contribution in [2.75, 3.05) is 5.32 Å². The number of rotatable bonds is 1. The smallest absolute Gasteiger partial charge is 0.104 e. The van der Waals surface area contributed by atoms with Crippen molar-refractivity contribution >= 4 is 51.8 Å². The molecule has 1 unspecified atom stereocenters. The molecule has 2 aromatic rings. The molecular weight excluding hydrogens is 323 g/mol. The van der Waals surface area contributed by atoms with Crippen LogP contribution in [-0.4, -0.2) is 16.7 Å². The minimum atomic E-state index is -0.127. The van der Waals surface area contributed by atoms with E-state index in [1.165, 1.54) is 0 Å². The average molecular weight is 335 g/mol. The predicted octanol–water partition coefficient (Wildman–Crippen LogP) is 4.97. The molecule has 0 fully saturated rings. The molecule has 0 aliphatic carbocycles. The van der Waals surface area contributed by atoms with E-state index in [1.54, 1.807) is 0 Å². The van der Waals surface area contributed by atoms with Gasteiger partial charge in [-0.3, -0.25) is 4.99 Å².